The smallest absolute Gasteiger partial charge is 0.106 e. The van der Waals surface area contributed by atoms with Crippen molar-refractivity contribution < 1.29 is 0 Å². The maximum Gasteiger partial charge on any atom is 0.106 e. The van der Waals surface area contributed by atoms with Gasteiger partial charge >= 0.3 is 0 Å². The van der Waals surface area contributed by atoms with Crippen molar-refractivity contribution in [2.24, 2.45) is 0 Å². The summed E-state index contributed by atoms with van der Waals surface area (Å²) in [7, 11) is 0. The van der Waals surface area contributed by atoms with E-state index in [1.807, 2.05) is 5.57 Å². The zero-order chi connectivity index (χ0) is 32.7. The van der Waals surface area contributed by atoms with Gasteiger partial charge in [0.1, 0.15) is 5.82 Å². The van der Waals surface area contributed by atoms with Crippen molar-refractivity contribution in [2.75, 3.05) is 36.0 Å². The first-order valence-electron chi connectivity index (χ1n) is 19.5. The number of benzene rings is 2. The van der Waals surface area contributed by atoms with E-state index in [4.69, 9.17) is 0 Å². The highest BCUT2D eigenvalue weighted by atomic mass is 31.2. The second-order valence-corrected chi connectivity index (χ2v) is 20.2. The molecule has 0 aromatic heterocycles. The first-order chi connectivity index (χ1) is 22.8. The van der Waals surface area contributed by atoms with Crippen molar-refractivity contribution >= 4 is 23.8 Å². The van der Waals surface area contributed by atoms with E-state index in [-0.39, 0.29) is 0 Å². The van der Waals surface area contributed by atoms with Gasteiger partial charge in [-0.25, -0.2) is 0 Å². The van der Waals surface area contributed by atoms with Gasteiger partial charge in [0, 0.05) is 43.2 Å². The van der Waals surface area contributed by atoms with Crippen LogP contribution in [0.5, 0.6) is 0 Å². The SMILES string of the molecule is Cc1cc(C)c(N2CCNC2=C2CCCCC2P(=C2NCCN2c2c(C)cc(C)cc2C)(C2CCCCC2)C2CCCCC2)c(C)c1. The molecule has 5 heteroatoms. The molecule has 5 fully saturated rings. The van der Waals surface area contributed by atoms with E-state index in [1.165, 1.54) is 140 Å². The van der Waals surface area contributed by atoms with Crippen LogP contribution in [0.3, 0.4) is 0 Å². The lowest BCUT2D eigenvalue weighted by Gasteiger charge is -2.53. The Balaban J connectivity index is 1.50. The minimum atomic E-state index is -1.69. The lowest BCUT2D eigenvalue weighted by atomic mass is 9.93. The zero-order valence-electron chi connectivity index (χ0n) is 30.6. The Kier molecular flexibility index (Phi) is 9.92. The van der Waals surface area contributed by atoms with E-state index in [9.17, 15) is 0 Å². The summed E-state index contributed by atoms with van der Waals surface area (Å²) < 4.78 is 0. The van der Waals surface area contributed by atoms with Gasteiger partial charge in [0.25, 0.3) is 0 Å². The van der Waals surface area contributed by atoms with Crippen LogP contribution in [0.25, 0.3) is 0 Å². The van der Waals surface area contributed by atoms with E-state index >= 15 is 0 Å². The van der Waals surface area contributed by atoms with E-state index in [1.54, 1.807) is 5.54 Å². The molecule has 2 N–H and O–H groups in total. The van der Waals surface area contributed by atoms with Gasteiger partial charge in [-0.1, -0.05) is 87.2 Å². The highest BCUT2D eigenvalue weighted by Crippen LogP contribution is 2.72. The summed E-state index contributed by atoms with van der Waals surface area (Å²) in [4.78, 5) is 5.64. The van der Waals surface area contributed by atoms with Gasteiger partial charge in [-0.2, -0.15) is 0 Å². The highest BCUT2D eigenvalue weighted by Gasteiger charge is 2.50. The minimum absolute atomic E-state index is 0.686. The Morgan fingerprint density at radius 1 is 0.553 bits per heavy atom. The summed E-state index contributed by atoms with van der Waals surface area (Å²) in [6.07, 6.45) is 19.8. The number of anilines is 2. The molecule has 2 saturated heterocycles. The van der Waals surface area contributed by atoms with Crippen molar-refractivity contribution in [3.8, 4) is 0 Å². The normalized spacial score (nSPS) is 25.1. The Labute approximate surface area is 287 Å². The Bertz CT molecular complexity index is 1490. The fraction of sp³-hybridized carbons (Fsp3) is 0.643. The average Bonchev–Trinajstić information content (AvgIpc) is 3.73. The van der Waals surface area contributed by atoms with Crippen LogP contribution in [0.15, 0.2) is 35.7 Å². The van der Waals surface area contributed by atoms with Crippen molar-refractivity contribution in [2.45, 2.75) is 148 Å². The van der Waals surface area contributed by atoms with Gasteiger partial charge in [0.2, 0.25) is 0 Å². The number of nitrogens with zero attached hydrogens (tertiary/aromatic N) is 2. The first kappa shape index (κ1) is 33.3. The van der Waals surface area contributed by atoms with Gasteiger partial charge in [0.05, 0.1) is 5.54 Å². The molecule has 2 aromatic rings. The molecule has 256 valence electrons. The van der Waals surface area contributed by atoms with E-state index < -0.39 is 6.89 Å². The predicted octanol–water partition coefficient (Wildman–Crippen LogP) is 9.98. The number of hydrogen-bond acceptors (Lipinski definition) is 2. The van der Waals surface area contributed by atoms with Crippen LogP contribution < -0.4 is 20.4 Å². The van der Waals surface area contributed by atoms with E-state index in [2.05, 4.69) is 86.2 Å². The topological polar surface area (TPSA) is 30.5 Å². The van der Waals surface area contributed by atoms with Gasteiger partial charge in [-0.05, 0) is 126 Å². The molecule has 1 unspecified atom stereocenters. The third-order valence-corrected chi connectivity index (χ3v) is 18.9. The quantitative estimate of drug-likeness (QED) is 0.314. The summed E-state index contributed by atoms with van der Waals surface area (Å²) in [5.74, 6) is 1.51. The largest absolute Gasteiger partial charge is 0.370 e. The third-order valence-electron chi connectivity index (χ3n) is 12.7. The Hall–Kier alpha value is -2.16. The van der Waals surface area contributed by atoms with Crippen LogP contribution in [-0.2, 0) is 0 Å². The second-order valence-electron chi connectivity index (χ2n) is 16.0. The Morgan fingerprint density at radius 2 is 1.02 bits per heavy atom. The zero-order valence-corrected chi connectivity index (χ0v) is 31.5. The molecule has 0 spiro atoms. The monoisotopic (exact) mass is 654 g/mol. The molecular formula is C42H63N4P. The average molecular weight is 655 g/mol. The number of aryl methyl sites for hydroxylation is 6. The molecule has 2 aromatic carbocycles. The van der Waals surface area contributed by atoms with E-state index in [0.717, 1.165) is 37.5 Å². The minimum Gasteiger partial charge on any atom is -0.370 e. The van der Waals surface area contributed by atoms with Crippen LogP contribution in [0.2, 0.25) is 0 Å². The molecule has 3 saturated carbocycles. The van der Waals surface area contributed by atoms with Crippen molar-refractivity contribution in [3.05, 3.63) is 69.0 Å². The second kappa shape index (κ2) is 14.0. The maximum absolute atomic E-state index is 4.32. The number of allylic oxidation sites excluding steroid dienone is 1. The first-order valence-corrected chi connectivity index (χ1v) is 21.5. The molecule has 5 aliphatic rings. The van der Waals surface area contributed by atoms with Crippen LogP contribution in [-0.4, -0.2) is 48.7 Å². The van der Waals surface area contributed by atoms with Crippen LogP contribution >= 0.6 is 6.89 Å². The van der Waals surface area contributed by atoms with Gasteiger partial charge < -0.3 is 15.1 Å². The molecule has 3 aliphatic carbocycles. The van der Waals surface area contributed by atoms with Crippen LogP contribution in [0, 0.1) is 41.5 Å². The van der Waals surface area contributed by atoms with E-state index in [0.29, 0.717) is 5.66 Å². The van der Waals surface area contributed by atoms with Crippen LogP contribution in [0.4, 0.5) is 11.4 Å². The van der Waals surface area contributed by atoms with Gasteiger partial charge in [0.15, 0.2) is 0 Å². The number of nitrogens with one attached hydrogen (secondary N) is 2. The summed E-state index contributed by atoms with van der Waals surface area (Å²) in [5.41, 5.74) is 17.5. The number of rotatable bonds is 5. The lowest BCUT2D eigenvalue weighted by Crippen LogP contribution is -2.44. The number of hydrogen-bond donors (Lipinski definition) is 2. The molecule has 4 nitrogen and oxygen atoms in total. The summed E-state index contributed by atoms with van der Waals surface area (Å²) in [6, 6.07) is 9.70. The fourth-order valence-electron chi connectivity index (χ4n) is 11.3. The molecule has 47 heavy (non-hydrogen) atoms. The maximum atomic E-state index is 4.32. The molecule has 2 aliphatic heterocycles. The molecule has 2 heterocycles. The summed E-state index contributed by atoms with van der Waals surface area (Å²) in [6.45, 7) is 16.6. The van der Waals surface area contributed by atoms with Gasteiger partial charge in [-0.3, -0.25) is 5.32 Å². The lowest BCUT2D eigenvalue weighted by molar-refractivity contribution is 0.473. The third kappa shape index (κ3) is 6.03. The molecule has 0 amide bonds. The molecular weight excluding hydrogens is 591 g/mol. The molecule has 7 rings (SSSR count). The summed E-state index contributed by atoms with van der Waals surface area (Å²) in [5, 5.41) is 8.41. The predicted molar refractivity (Wildman–Crippen MR) is 207 cm³/mol. The molecule has 1 atom stereocenters. The van der Waals surface area contributed by atoms with Gasteiger partial charge in [-0.15, -0.1) is 0 Å². The standard InChI is InChI=1S/C42H63N4P/c1-29-25-31(3)39(32(4)26-29)45-23-21-43-41(45)37-19-13-14-20-38(37)47(35-15-9-7-10-16-35,36-17-11-8-12-18-36)42-44-22-24-46(42)40-33(5)27-30(2)28-34(40)6/h25-28,35-36,38,43-44H,7-24H2,1-6H3. The van der Waals surface area contributed by atoms with Crippen molar-refractivity contribution in [3.63, 3.8) is 0 Å². The molecule has 0 bridgehead atoms. The Morgan fingerprint density at radius 3 is 1.57 bits per heavy atom. The van der Waals surface area contributed by atoms with Crippen LogP contribution in [0.1, 0.15) is 123 Å². The fourth-order valence-corrected chi connectivity index (χ4v) is 18.7. The van der Waals surface area contributed by atoms with Crippen molar-refractivity contribution in [1.82, 2.24) is 10.6 Å². The summed E-state index contributed by atoms with van der Waals surface area (Å²) >= 11 is 0. The molecule has 0 radical (unpaired) electrons. The van der Waals surface area contributed by atoms with Crippen molar-refractivity contribution in [1.29, 1.82) is 0 Å². The highest BCUT2D eigenvalue weighted by molar-refractivity contribution is 7.78.